The van der Waals surface area contributed by atoms with Gasteiger partial charge in [-0.3, -0.25) is 4.98 Å². The second-order valence-corrected chi connectivity index (χ2v) is 7.05. The first kappa shape index (κ1) is 19.0. The first-order valence-corrected chi connectivity index (χ1v) is 8.07. The summed E-state index contributed by atoms with van der Waals surface area (Å²) < 4.78 is 28.4. The molecule has 25 heavy (non-hydrogen) atoms. The Morgan fingerprint density at radius 1 is 1.20 bits per heavy atom. The van der Waals surface area contributed by atoms with E-state index in [1.807, 2.05) is 0 Å². The average molecular weight is 412 g/mol. The summed E-state index contributed by atoms with van der Waals surface area (Å²) in [5.74, 6) is -1.42. The van der Waals surface area contributed by atoms with E-state index in [0.717, 1.165) is 17.1 Å². The largest absolute Gasteiger partial charge is 0.464 e. The van der Waals surface area contributed by atoms with Crippen LogP contribution in [0.15, 0.2) is 46.2 Å². The molecule has 0 aliphatic heterocycles. The highest BCUT2D eigenvalue weighted by Crippen LogP contribution is 2.24. The zero-order valence-corrected chi connectivity index (χ0v) is 15.4. The minimum absolute atomic E-state index is 0.0105. The highest BCUT2D eigenvalue weighted by atomic mass is 79.9. The number of rotatable bonds is 3. The minimum Gasteiger partial charge on any atom is -0.464 e. The fourth-order valence-corrected chi connectivity index (χ4v) is 2.38. The predicted octanol–water partition coefficient (Wildman–Crippen LogP) is 4.65. The summed E-state index contributed by atoms with van der Waals surface area (Å²) in [6.07, 6.45) is 1.61. The first-order valence-electron chi connectivity index (χ1n) is 7.28. The fourth-order valence-electron chi connectivity index (χ4n) is 2.06. The molecule has 2 rings (SSSR count). The highest BCUT2D eigenvalue weighted by molar-refractivity contribution is 9.10. The quantitative estimate of drug-likeness (QED) is 0.453. The number of pyridine rings is 1. The SMILES string of the molecule is CC(C)(C)N(/N=C(/c1ccncc1)c1cc(F)c(Br)cc1F)C(=O)O. The van der Waals surface area contributed by atoms with Gasteiger partial charge in [0.25, 0.3) is 0 Å². The van der Waals surface area contributed by atoms with Gasteiger partial charge in [-0.25, -0.2) is 13.6 Å². The summed E-state index contributed by atoms with van der Waals surface area (Å²) in [6.45, 7) is 4.94. The summed E-state index contributed by atoms with van der Waals surface area (Å²) in [5, 5.41) is 14.4. The number of hydrazone groups is 1. The van der Waals surface area contributed by atoms with E-state index in [1.165, 1.54) is 12.4 Å². The number of nitrogens with zero attached hydrogens (tertiary/aromatic N) is 3. The van der Waals surface area contributed by atoms with E-state index in [-0.39, 0.29) is 15.7 Å². The van der Waals surface area contributed by atoms with Gasteiger partial charge in [-0.05, 0) is 61.0 Å². The number of carboxylic acid groups (broad SMARTS) is 1. The number of hydrogen-bond acceptors (Lipinski definition) is 3. The van der Waals surface area contributed by atoms with Gasteiger partial charge in [-0.2, -0.15) is 10.1 Å². The molecule has 2 aromatic rings. The lowest BCUT2D eigenvalue weighted by Gasteiger charge is -2.29. The van der Waals surface area contributed by atoms with Gasteiger partial charge in [-0.15, -0.1) is 0 Å². The molecular formula is C17H16BrF2N3O2. The lowest BCUT2D eigenvalue weighted by molar-refractivity contribution is 0.103. The number of benzene rings is 1. The van der Waals surface area contributed by atoms with Gasteiger partial charge in [0.1, 0.15) is 17.3 Å². The van der Waals surface area contributed by atoms with Crippen LogP contribution in [0.4, 0.5) is 13.6 Å². The van der Waals surface area contributed by atoms with Crippen molar-refractivity contribution in [1.82, 2.24) is 9.99 Å². The molecule has 0 saturated heterocycles. The molecule has 5 nitrogen and oxygen atoms in total. The van der Waals surface area contributed by atoms with Crippen LogP contribution in [0.1, 0.15) is 31.9 Å². The molecule has 1 heterocycles. The van der Waals surface area contributed by atoms with Gasteiger partial charge in [0.05, 0.1) is 10.0 Å². The highest BCUT2D eigenvalue weighted by Gasteiger charge is 2.28. The van der Waals surface area contributed by atoms with Crippen LogP contribution in [0.2, 0.25) is 0 Å². The van der Waals surface area contributed by atoms with E-state index in [2.05, 4.69) is 26.0 Å². The Morgan fingerprint density at radius 2 is 1.80 bits per heavy atom. The molecule has 0 unspecified atom stereocenters. The van der Waals surface area contributed by atoms with Gasteiger partial charge < -0.3 is 5.11 Å². The normalized spacial score (nSPS) is 12.2. The zero-order chi connectivity index (χ0) is 18.8. The van der Waals surface area contributed by atoms with Crippen LogP contribution >= 0.6 is 15.9 Å². The van der Waals surface area contributed by atoms with Crippen LogP contribution in [0, 0.1) is 11.6 Å². The lowest BCUT2D eigenvalue weighted by atomic mass is 10.0. The van der Waals surface area contributed by atoms with Crippen molar-refractivity contribution in [2.75, 3.05) is 0 Å². The number of amides is 1. The molecule has 1 amide bonds. The van der Waals surface area contributed by atoms with Gasteiger partial charge in [0.2, 0.25) is 0 Å². The zero-order valence-electron chi connectivity index (χ0n) is 13.8. The molecule has 0 bridgehead atoms. The van der Waals surface area contributed by atoms with E-state index in [1.54, 1.807) is 32.9 Å². The maximum atomic E-state index is 14.5. The average Bonchev–Trinajstić information content (AvgIpc) is 2.51. The van der Waals surface area contributed by atoms with E-state index < -0.39 is 23.3 Å². The Balaban J connectivity index is 2.73. The van der Waals surface area contributed by atoms with Crippen molar-refractivity contribution in [2.45, 2.75) is 26.3 Å². The number of carbonyl (C=O) groups is 1. The predicted molar refractivity (Wildman–Crippen MR) is 93.6 cm³/mol. The van der Waals surface area contributed by atoms with Crippen LogP contribution in [-0.2, 0) is 0 Å². The topological polar surface area (TPSA) is 65.8 Å². The van der Waals surface area contributed by atoms with Crippen LogP contribution in [0.25, 0.3) is 0 Å². The molecule has 0 aliphatic carbocycles. The third-order valence-electron chi connectivity index (χ3n) is 3.24. The van der Waals surface area contributed by atoms with Gasteiger partial charge in [0.15, 0.2) is 0 Å². The van der Waals surface area contributed by atoms with Crippen molar-refractivity contribution in [3.63, 3.8) is 0 Å². The molecule has 0 fully saturated rings. The van der Waals surface area contributed by atoms with Crippen molar-refractivity contribution in [2.24, 2.45) is 5.10 Å². The Labute approximate surface area is 152 Å². The van der Waals surface area contributed by atoms with E-state index in [9.17, 15) is 18.7 Å². The smallest absolute Gasteiger partial charge is 0.428 e. The summed E-state index contributed by atoms with van der Waals surface area (Å²) in [4.78, 5) is 15.5. The molecule has 8 heteroatoms. The van der Waals surface area contributed by atoms with E-state index in [4.69, 9.17) is 0 Å². The van der Waals surface area contributed by atoms with Crippen molar-refractivity contribution < 1.29 is 18.7 Å². The molecule has 0 spiro atoms. The Morgan fingerprint density at radius 3 is 2.32 bits per heavy atom. The third kappa shape index (κ3) is 4.39. The van der Waals surface area contributed by atoms with E-state index in [0.29, 0.717) is 5.56 Å². The summed E-state index contributed by atoms with van der Waals surface area (Å²) >= 11 is 2.92. The Hall–Kier alpha value is -2.35. The number of aromatic nitrogens is 1. The molecule has 1 aromatic carbocycles. The monoisotopic (exact) mass is 411 g/mol. The molecule has 1 aromatic heterocycles. The Bertz CT molecular complexity index is 821. The van der Waals surface area contributed by atoms with Gasteiger partial charge >= 0.3 is 6.09 Å². The molecule has 0 radical (unpaired) electrons. The molecule has 0 aliphatic rings. The summed E-state index contributed by atoms with van der Waals surface area (Å²) in [7, 11) is 0. The van der Waals surface area contributed by atoms with Crippen LogP contribution in [0.5, 0.6) is 0 Å². The van der Waals surface area contributed by atoms with Crippen LogP contribution in [-0.4, -0.2) is 32.4 Å². The van der Waals surface area contributed by atoms with Crippen LogP contribution in [0.3, 0.4) is 0 Å². The van der Waals surface area contributed by atoms with E-state index >= 15 is 0 Å². The lowest BCUT2D eigenvalue weighted by Crippen LogP contribution is -2.42. The maximum Gasteiger partial charge on any atom is 0.428 e. The van der Waals surface area contributed by atoms with Gasteiger partial charge in [-0.1, -0.05) is 0 Å². The number of hydrogen-bond donors (Lipinski definition) is 1. The van der Waals surface area contributed by atoms with Crippen molar-refractivity contribution in [3.8, 4) is 0 Å². The molecule has 1 N–H and O–H groups in total. The number of halogens is 3. The van der Waals surface area contributed by atoms with Crippen LogP contribution < -0.4 is 0 Å². The minimum atomic E-state index is -1.31. The summed E-state index contributed by atoms with van der Waals surface area (Å²) in [6, 6.07) is 5.03. The van der Waals surface area contributed by atoms with Gasteiger partial charge in [0, 0.05) is 23.5 Å². The molecule has 0 saturated carbocycles. The summed E-state index contributed by atoms with van der Waals surface area (Å²) in [5.41, 5.74) is -0.633. The second kappa shape index (κ2) is 7.26. The third-order valence-corrected chi connectivity index (χ3v) is 3.84. The first-order chi connectivity index (χ1) is 11.6. The molecule has 132 valence electrons. The molecule has 0 atom stereocenters. The molecular weight excluding hydrogens is 396 g/mol. The van der Waals surface area contributed by atoms with Crippen molar-refractivity contribution in [3.05, 3.63) is 63.9 Å². The van der Waals surface area contributed by atoms with Crippen molar-refractivity contribution in [1.29, 1.82) is 0 Å². The standard InChI is InChI=1S/C17H16BrF2N3O2/c1-17(2,3)23(16(24)25)22-15(10-4-6-21-7-5-10)11-8-14(20)12(18)9-13(11)19/h4-9H,1-3H3,(H,24,25)/b22-15-. The Kier molecular flexibility index (Phi) is 5.52. The second-order valence-electron chi connectivity index (χ2n) is 6.20. The maximum absolute atomic E-state index is 14.5. The van der Waals surface area contributed by atoms with Crippen molar-refractivity contribution >= 4 is 27.7 Å². The fraction of sp³-hybridized carbons (Fsp3) is 0.235.